The maximum absolute atomic E-state index is 12.4. The molecule has 19 heavy (non-hydrogen) atoms. The van der Waals surface area contributed by atoms with Gasteiger partial charge < -0.3 is 0 Å². The zero-order valence-electron chi connectivity index (χ0n) is 10.8. The number of allylic oxidation sites excluding steroid dienone is 2. The van der Waals surface area contributed by atoms with Gasteiger partial charge in [-0.15, -0.1) is 0 Å². The molecule has 3 heteroatoms. The Hall–Kier alpha value is -1.90. The van der Waals surface area contributed by atoms with Gasteiger partial charge in [0, 0.05) is 6.04 Å². The first kappa shape index (κ1) is 12.2. The first-order chi connectivity index (χ1) is 9.29. The van der Waals surface area contributed by atoms with E-state index in [2.05, 4.69) is 12.2 Å². The summed E-state index contributed by atoms with van der Waals surface area (Å²) in [4.78, 5) is 26.3. The van der Waals surface area contributed by atoms with Gasteiger partial charge in [0.2, 0.25) is 0 Å². The predicted octanol–water partition coefficient (Wildman–Crippen LogP) is 3.17. The van der Waals surface area contributed by atoms with Crippen molar-refractivity contribution in [2.24, 2.45) is 0 Å². The smallest absolute Gasteiger partial charge is 0.261 e. The number of carbonyl (C=O) groups excluding carboxylic acids is 2. The number of rotatable bonds is 1. The lowest BCUT2D eigenvalue weighted by molar-refractivity contribution is 0.0566. The van der Waals surface area contributed by atoms with E-state index in [1.807, 2.05) is 12.1 Å². The summed E-state index contributed by atoms with van der Waals surface area (Å²) in [5.74, 6) is -0.231. The van der Waals surface area contributed by atoms with Crippen LogP contribution in [0.2, 0.25) is 0 Å². The van der Waals surface area contributed by atoms with Crippen molar-refractivity contribution in [3.05, 3.63) is 47.5 Å². The Labute approximate surface area is 112 Å². The Morgan fingerprint density at radius 2 is 1.53 bits per heavy atom. The number of amides is 2. The summed E-state index contributed by atoms with van der Waals surface area (Å²) in [6, 6.07) is 7.18. The van der Waals surface area contributed by atoms with Gasteiger partial charge in [0.25, 0.3) is 11.8 Å². The Morgan fingerprint density at radius 3 is 2.21 bits per heavy atom. The highest BCUT2D eigenvalue weighted by molar-refractivity contribution is 6.21. The minimum atomic E-state index is -0.116. The Balaban J connectivity index is 1.88. The number of imide groups is 1. The molecule has 1 aromatic rings. The van der Waals surface area contributed by atoms with Crippen molar-refractivity contribution in [1.29, 1.82) is 0 Å². The fourth-order valence-electron chi connectivity index (χ4n) is 2.94. The normalized spacial score (nSPS) is 23.2. The third-order valence-electron chi connectivity index (χ3n) is 3.93. The number of hydrogen-bond donors (Lipinski definition) is 0. The summed E-state index contributed by atoms with van der Waals surface area (Å²) in [5, 5.41) is 0. The van der Waals surface area contributed by atoms with Crippen LogP contribution >= 0.6 is 0 Å². The van der Waals surface area contributed by atoms with Crippen LogP contribution in [-0.4, -0.2) is 22.8 Å². The Bertz CT molecular complexity index is 512. The molecule has 0 unspecified atom stereocenters. The summed E-state index contributed by atoms with van der Waals surface area (Å²) in [7, 11) is 0. The zero-order valence-corrected chi connectivity index (χ0v) is 10.8. The van der Waals surface area contributed by atoms with Crippen molar-refractivity contribution < 1.29 is 9.59 Å². The maximum Gasteiger partial charge on any atom is 0.261 e. The van der Waals surface area contributed by atoms with Crippen molar-refractivity contribution in [3.8, 4) is 0 Å². The van der Waals surface area contributed by atoms with Gasteiger partial charge in [-0.3, -0.25) is 14.5 Å². The number of hydrogen-bond acceptors (Lipinski definition) is 2. The maximum atomic E-state index is 12.4. The molecule has 3 rings (SSSR count). The molecule has 1 aliphatic carbocycles. The molecule has 0 fully saturated rings. The molecule has 0 aromatic heterocycles. The van der Waals surface area contributed by atoms with E-state index in [1.165, 1.54) is 4.90 Å². The lowest BCUT2D eigenvalue weighted by Gasteiger charge is -2.26. The molecule has 0 N–H and O–H groups in total. The highest BCUT2D eigenvalue weighted by Crippen LogP contribution is 2.28. The molecular weight excluding hydrogens is 238 g/mol. The Morgan fingerprint density at radius 1 is 0.895 bits per heavy atom. The molecule has 2 amide bonds. The molecule has 1 heterocycles. The van der Waals surface area contributed by atoms with Crippen LogP contribution in [0.15, 0.2) is 36.4 Å². The van der Waals surface area contributed by atoms with Crippen LogP contribution in [0, 0.1) is 0 Å². The van der Waals surface area contributed by atoms with E-state index in [0.717, 1.165) is 32.1 Å². The van der Waals surface area contributed by atoms with E-state index in [4.69, 9.17) is 0 Å². The van der Waals surface area contributed by atoms with Gasteiger partial charge in [0.1, 0.15) is 0 Å². The van der Waals surface area contributed by atoms with E-state index in [-0.39, 0.29) is 17.9 Å². The predicted molar refractivity (Wildman–Crippen MR) is 73.0 cm³/mol. The van der Waals surface area contributed by atoms with E-state index in [1.54, 1.807) is 12.1 Å². The first-order valence-electron chi connectivity index (χ1n) is 6.91. The first-order valence-corrected chi connectivity index (χ1v) is 6.91. The van der Waals surface area contributed by atoms with E-state index in [9.17, 15) is 9.59 Å². The van der Waals surface area contributed by atoms with Crippen LogP contribution < -0.4 is 0 Å². The Kier molecular flexibility index (Phi) is 3.20. The van der Waals surface area contributed by atoms with E-state index >= 15 is 0 Å². The summed E-state index contributed by atoms with van der Waals surface area (Å²) in [6.45, 7) is 0. The van der Waals surface area contributed by atoms with Crippen LogP contribution in [0.1, 0.15) is 52.8 Å². The highest BCUT2D eigenvalue weighted by Gasteiger charge is 2.39. The molecule has 0 radical (unpaired) electrons. The van der Waals surface area contributed by atoms with Gasteiger partial charge in [0.15, 0.2) is 0 Å². The largest absolute Gasteiger partial charge is 0.271 e. The molecular formula is C16H17NO2. The monoisotopic (exact) mass is 255 g/mol. The number of carbonyl (C=O) groups is 2. The summed E-state index contributed by atoms with van der Waals surface area (Å²) >= 11 is 0. The molecule has 0 saturated heterocycles. The second kappa shape index (κ2) is 5.00. The van der Waals surface area contributed by atoms with Crippen LogP contribution in [0.25, 0.3) is 0 Å². The molecule has 98 valence electrons. The molecule has 0 spiro atoms. The van der Waals surface area contributed by atoms with Gasteiger partial charge >= 0.3 is 0 Å². The molecule has 0 bridgehead atoms. The number of benzene rings is 1. The van der Waals surface area contributed by atoms with Crippen LogP contribution in [0.3, 0.4) is 0 Å². The number of fused-ring (bicyclic) bond motifs is 1. The third kappa shape index (κ3) is 2.09. The van der Waals surface area contributed by atoms with Crippen LogP contribution in [0.5, 0.6) is 0 Å². The molecule has 2 aliphatic rings. The average Bonchev–Trinajstić information content (AvgIpc) is 2.64. The minimum absolute atomic E-state index is 0.0531. The summed E-state index contributed by atoms with van der Waals surface area (Å²) < 4.78 is 0. The molecule has 1 aliphatic heterocycles. The quantitative estimate of drug-likeness (QED) is 0.571. The van der Waals surface area contributed by atoms with Gasteiger partial charge in [-0.25, -0.2) is 0 Å². The summed E-state index contributed by atoms with van der Waals surface area (Å²) in [6.07, 6.45) is 9.16. The summed E-state index contributed by atoms with van der Waals surface area (Å²) in [5.41, 5.74) is 1.12. The molecule has 0 saturated carbocycles. The van der Waals surface area contributed by atoms with Gasteiger partial charge in [-0.1, -0.05) is 24.3 Å². The van der Waals surface area contributed by atoms with E-state index in [0.29, 0.717) is 11.1 Å². The van der Waals surface area contributed by atoms with Crippen LogP contribution in [0.4, 0.5) is 0 Å². The highest BCUT2D eigenvalue weighted by atomic mass is 16.2. The molecule has 1 atom stereocenters. The molecule has 3 nitrogen and oxygen atoms in total. The van der Waals surface area contributed by atoms with Crippen molar-refractivity contribution >= 4 is 11.8 Å². The van der Waals surface area contributed by atoms with Crippen molar-refractivity contribution in [1.82, 2.24) is 4.90 Å². The van der Waals surface area contributed by atoms with E-state index < -0.39 is 0 Å². The van der Waals surface area contributed by atoms with Crippen molar-refractivity contribution in [3.63, 3.8) is 0 Å². The van der Waals surface area contributed by atoms with Crippen LogP contribution in [-0.2, 0) is 0 Å². The number of nitrogens with zero attached hydrogens (tertiary/aromatic N) is 1. The lowest BCUT2D eigenvalue weighted by atomic mass is 9.99. The van der Waals surface area contributed by atoms with Gasteiger partial charge in [-0.05, 0) is 44.2 Å². The van der Waals surface area contributed by atoms with Crippen molar-refractivity contribution in [2.45, 2.75) is 38.1 Å². The fraction of sp³-hybridized carbons (Fsp3) is 0.375. The van der Waals surface area contributed by atoms with Gasteiger partial charge in [0.05, 0.1) is 11.1 Å². The molecule has 1 aromatic carbocycles. The standard InChI is InChI=1S/C16H17NO2/c18-15-13-10-6-7-11-14(13)16(19)17(15)12-8-4-2-1-3-5-9-12/h1-2,6-7,10-12H,3-5,8-9H2/t12-/m1/s1. The minimum Gasteiger partial charge on any atom is -0.271 e. The third-order valence-corrected chi connectivity index (χ3v) is 3.93. The van der Waals surface area contributed by atoms with Crippen molar-refractivity contribution in [2.75, 3.05) is 0 Å². The fourth-order valence-corrected chi connectivity index (χ4v) is 2.94. The zero-order chi connectivity index (χ0) is 13.2. The lowest BCUT2D eigenvalue weighted by Crippen LogP contribution is -2.40. The second-order valence-electron chi connectivity index (χ2n) is 5.16. The SMILES string of the molecule is O=C1c2ccccc2C(=O)N1[C@@H]1CCC=CCCC1. The second-order valence-corrected chi connectivity index (χ2v) is 5.16. The average molecular weight is 255 g/mol. The topological polar surface area (TPSA) is 37.4 Å². The van der Waals surface area contributed by atoms with Gasteiger partial charge in [-0.2, -0.15) is 0 Å².